The number of esters is 2. The summed E-state index contributed by atoms with van der Waals surface area (Å²) < 4.78 is 22.7. The Kier molecular flexibility index (Phi) is 5.31. The normalized spacial score (nSPS) is 41.7. The molecule has 2 fully saturated rings. The highest BCUT2D eigenvalue weighted by Gasteiger charge is 2.70. The molecule has 4 aliphatic rings. The van der Waals surface area contributed by atoms with Crippen molar-refractivity contribution in [3.8, 4) is 0 Å². The van der Waals surface area contributed by atoms with Crippen LogP contribution in [0, 0.1) is 28.1 Å². The minimum absolute atomic E-state index is 0.0893. The van der Waals surface area contributed by atoms with E-state index in [1.54, 1.807) is 18.6 Å². The lowest BCUT2D eigenvalue weighted by Gasteiger charge is -2.57. The molecule has 0 bridgehead atoms. The second-order valence-corrected chi connectivity index (χ2v) is 11.6. The molecule has 190 valence electrons. The lowest BCUT2D eigenvalue weighted by atomic mass is 9.46. The molecule has 8 atom stereocenters. The fourth-order valence-electron chi connectivity index (χ4n) is 7.59. The number of hydrogen-bond acceptors (Lipinski definition) is 8. The molecule has 0 radical (unpaired) electrons. The van der Waals surface area contributed by atoms with Crippen molar-refractivity contribution < 1.29 is 38.4 Å². The molecule has 2 aliphatic heterocycles. The van der Waals surface area contributed by atoms with Gasteiger partial charge in [-0.2, -0.15) is 0 Å². The number of aliphatic hydroxyl groups is 2. The van der Waals surface area contributed by atoms with Crippen molar-refractivity contribution in [2.45, 2.75) is 71.9 Å². The van der Waals surface area contributed by atoms with Gasteiger partial charge in [0.05, 0.1) is 25.7 Å². The molecule has 1 aromatic rings. The Hall–Kier alpha value is -2.58. The standard InChI is InChI=1S/C27H34O8/c1-13-15-9-19(29)34-23(14-7-8-33-12-14)26(15,4)11-16-21(13)35-24-20(30)22(31)25(2,3)17(27(16,24)5)10-18(28)32-6/h7-9,12,16-17,20,22-24,30-31H,10-11H2,1-6H3. The van der Waals surface area contributed by atoms with E-state index in [0.29, 0.717) is 12.2 Å². The first-order valence-corrected chi connectivity index (χ1v) is 12.1. The number of carbonyl (C=O) groups is 2. The van der Waals surface area contributed by atoms with Crippen LogP contribution in [-0.4, -0.2) is 47.6 Å². The van der Waals surface area contributed by atoms with E-state index < -0.39 is 46.6 Å². The Labute approximate surface area is 204 Å². The van der Waals surface area contributed by atoms with Crippen LogP contribution in [0.25, 0.3) is 0 Å². The zero-order chi connectivity index (χ0) is 25.5. The summed E-state index contributed by atoms with van der Waals surface area (Å²) >= 11 is 0. The summed E-state index contributed by atoms with van der Waals surface area (Å²) in [5.74, 6) is -0.610. The number of cyclic esters (lactones) is 1. The summed E-state index contributed by atoms with van der Waals surface area (Å²) in [5, 5.41) is 22.3. The van der Waals surface area contributed by atoms with Crippen LogP contribution in [0.15, 0.2) is 46.0 Å². The molecule has 8 nitrogen and oxygen atoms in total. The van der Waals surface area contributed by atoms with Crippen LogP contribution in [0.5, 0.6) is 0 Å². The zero-order valence-electron chi connectivity index (χ0n) is 21.0. The minimum Gasteiger partial charge on any atom is -0.491 e. The summed E-state index contributed by atoms with van der Waals surface area (Å²) in [6, 6.07) is 1.81. The van der Waals surface area contributed by atoms with Gasteiger partial charge in [-0.1, -0.05) is 27.7 Å². The van der Waals surface area contributed by atoms with Gasteiger partial charge in [0.1, 0.15) is 24.1 Å². The Morgan fingerprint density at radius 1 is 1.20 bits per heavy atom. The molecule has 2 aliphatic carbocycles. The summed E-state index contributed by atoms with van der Waals surface area (Å²) in [6.45, 7) is 9.83. The lowest BCUT2D eigenvalue weighted by Crippen LogP contribution is -2.65. The molecule has 0 spiro atoms. The highest BCUT2D eigenvalue weighted by Crippen LogP contribution is 2.69. The molecule has 5 rings (SSSR count). The maximum absolute atomic E-state index is 12.6. The SMILES string of the molecule is COC(=O)CC1C(C)(C)C(O)C(O)C2OC3=C(C)C4=CC(=O)OC(c5ccoc5)C4(C)CC3C21C. The van der Waals surface area contributed by atoms with E-state index in [1.165, 1.54) is 13.2 Å². The van der Waals surface area contributed by atoms with E-state index >= 15 is 0 Å². The van der Waals surface area contributed by atoms with Crippen LogP contribution in [-0.2, 0) is 23.8 Å². The van der Waals surface area contributed by atoms with Crippen LogP contribution in [0.3, 0.4) is 0 Å². The van der Waals surface area contributed by atoms with Gasteiger partial charge >= 0.3 is 11.9 Å². The van der Waals surface area contributed by atoms with Gasteiger partial charge in [-0.25, -0.2) is 4.79 Å². The average molecular weight is 487 g/mol. The lowest BCUT2D eigenvalue weighted by molar-refractivity contribution is -0.214. The average Bonchev–Trinajstić information content (AvgIpc) is 3.44. The van der Waals surface area contributed by atoms with Crippen molar-refractivity contribution >= 4 is 11.9 Å². The summed E-state index contributed by atoms with van der Waals surface area (Å²) in [4.78, 5) is 25.1. The number of fused-ring (bicyclic) bond motifs is 4. The first-order valence-electron chi connectivity index (χ1n) is 12.1. The number of aliphatic hydroxyl groups excluding tert-OH is 2. The van der Waals surface area contributed by atoms with Crippen LogP contribution in [0.2, 0.25) is 0 Å². The van der Waals surface area contributed by atoms with E-state index in [4.69, 9.17) is 18.6 Å². The van der Waals surface area contributed by atoms with Gasteiger partial charge in [-0.05, 0) is 41.9 Å². The van der Waals surface area contributed by atoms with Crippen molar-refractivity contribution in [2.24, 2.45) is 28.1 Å². The quantitative estimate of drug-likeness (QED) is 0.625. The third-order valence-electron chi connectivity index (χ3n) is 9.52. The molecule has 8 unspecified atom stereocenters. The second-order valence-electron chi connectivity index (χ2n) is 11.6. The Bertz CT molecular complexity index is 1110. The maximum Gasteiger partial charge on any atom is 0.331 e. The van der Waals surface area contributed by atoms with Crippen LogP contribution >= 0.6 is 0 Å². The van der Waals surface area contributed by atoms with E-state index in [2.05, 4.69) is 6.92 Å². The summed E-state index contributed by atoms with van der Waals surface area (Å²) in [5.41, 5.74) is 0.384. The Balaban J connectivity index is 1.68. The highest BCUT2D eigenvalue weighted by molar-refractivity contribution is 5.86. The molecule has 3 heterocycles. The minimum atomic E-state index is -1.14. The summed E-state index contributed by atoms with van der Waals surface area (Å²) in [6.07, 6.45) is 1.85. The predicted molar refractivity (Wildman–Crippen MR) is 123 cm³/mol. The Morgan fingerprint density at radius 2 is 1.91 bits per heavy atom. The van der Waals surface area contributed by atoms with Gasteiger partial charge in [0.25, 0.3) is 0 Å². The number of methoxy groups -OCH3 is 1. The van der Waals surface area contributed by atoms with Gasteiger partial charge in [0.2, 0.25) is 0 Å². The van der Waals surface area contributed by atoms with Crippen LogP contribution in [0.4, 0.5) is 0 Å². The van der Waals surface area contributed by atoms with Gasteiger partial charge in [0.15, 0.2) is 0 Å². The first-order chi connectivity index (χ1) is 16.4. The van der Waals surface area contributed by atoms with Crippen LogP contribution < -0.4 is 0 Å². The largest absolute Gasteiger partial charge is 0.491 e. The fourth-order valence-corrected chi connectivity index (χ4v) is 7.59. The van der Waals surface area contributed by atoms with Gasteiger partial charge in [-0.3, -0.25) is 4.79 Å². The molecule has 1 saturated heterocycles. The van der Waals surface area contributed by atoms with Crippen molar-refractivity contribution in [3.63, 3.8) is 0 Å². The molecule has 0 aromatic carbocycles. The Morgan fingerprint density at radius 3 is 2.54 bits per heavy atom. The number of ether oxygens (including phenoxy) is 3. The highest BCUT2D eigenvalue weighted by atomic mass is 16.5. The molecule has 8 heteroatoms. The van der Waals surface area contributed by atoms with Gasteiger partial charge in [0, 0.05) is 34.8 Å². The molecule has 1 saturated carbocycles. The molecule has 0 amide bonds. The van der Waals surface area contributed by atoms with E-state index in [0.717, 1.165) is 16.7 Å². The summed E-state index contributed by atoms with van der Waals surface area (Å²) in [7, 11) is 1.36. The first kappa shape index (κ1) is 24.1. The molecular formula is C27H34O8. The molecular weight excluding hydrogens is 452 g/mol. The molecule has 2 N–H and O–H groups in total. The van der Waals surface area contributed by atoms with Crippen molar-refractivity contribution in [2.75, 3.05) is 7.11 Å². The second kappa shape index (κ2) is 7.71. The molecule has 1 aromatic heterocycles. The fraction of sp³-hybridized carbons (Fsp3) is 0.630. The van der Waals surface area contributed by atoms with Gasteiger partial charge < -0.3 is 28.8 Å². The van der Waals surface area contributed by atoms with Crippen molar-refractivity contribution in [3.05, 3.63) is 47.1 Å². The number of carbonyl (C=O) groups excluding carboxylic acids is 2. The third-order valence-corrected chi connectivity index (χ3v) is 9.52. The number of rotatable bonds is 3. The zero-order valence-corrected chi connectivity index (χ0v) is 21.0. The van der Waals surface area contributed by atoms with E-state index in [1.807, 2.05) is 27.7 Å². The van der Waals surface area contributed by atoms with Crippen LogP contribution in [0.1, 0.15) is 59.1 Å². The number of hydrogen-bond donors (Lipinski definition) is 2. The van der Waals surface area contributed by atoms with Crippen molar-refractivity contribution in [1.82, 2.24) is 0 Å². The predicted octanol–water partition coefficient (Wildman–Crippen LogP) is 3.45. The topological polar surface area (TPSA) is 115 Å². The van der Waals surface area contributed by atoms with E-state index in [-0.39, 0.29) is 24.2 Å². The maximum atomic E-state index is 12.6. The monoisotopic (exact) mass is 486 g/mol. The van der Waals surface area contributed by atoms with Crippen molar-refractivity contribution in [1.29, 1.82) is 0 Å². The molecule has 35 heavy (non-hydrogen) atoms. The third kappa shape index (κ3) is 3.12. The number of furan rings is 1. The number of allylic oxidation sites excluding steroid dienone is 2. The van der Waals surface area contributed by atoms with E-state index in [9.17, 15) is 19.8 Å². The van der Waals surface area contributed by atoms with Gasteiger partial charge in [-0.15, -0.1) is 0 Å². The smallest absolute Gasteiger partial charge is 0.331 e.